The number of hydrogen-bond acceptors (Lipinski definition) is 3. The van der Waals surface area contributed by atoms with E-state index >= 15 is 0 Å². The predicted octanol–water partition coefficient (Wildman–Crippen LogP) is 2.27. The number of nitrogens with zero attached hydrogens (tertiary/aromatic N) is 1. The van der Waals surface area contributed by atoms with Gasteiger partial charge in [0.2, 0.25) is 0 Å². The summed E-state index contributed by atoms with van der Waals surface area (Å²) in [5.74, 6) is 0.910. The van der Waals surface area contributed by atoms with Crippen LogP contribution in [0.3, 0.4) is 0 Å². The van der Waals surface area contributed by atoms with Gasteiger partial charge in [-0.2, -0.15) is 0 Å². The van der Waals surface area contributed by atoms with Crippen LogP contribution in [0.1, 0.15) is 25.0 Å². The standard InChI is InChI=1S/C14H20N2O2/c1-7(2)12-14(17)16(5)11-6-10(15)8(3)9(4)13(11)18-12/h6-7,12H,15H2,1-5H3. The summed E-state index contributed by atoms with van der Waals surface area (Å²) < 4.78 is 5.90. The highest BCUT2D eigenvalue weighted by Gasteiger charge is 2.35. The van der Waals surface area contributed by atoms with Gasteiger partial charge in [-0.1, -0.05) is 13.8 Å². The first-order valence-electron chi connectivity index (χ1n) is 6.18. The van der Waals surface area contributed by atoms with Crippen molar-refractivity contribution in [1.29, 1.82) is 0 Å². The lowest BCUT2D eigenvalue weighted by molar-refractivity contribution is -0.127. The molecule has 1 heterocycles. The Balaban J connectivity index is 2.59. The average Bonchev–Trinajstić information content (AvgIpc) is 2.31. The molecule has 2 rings (SSSR count). The highest BCUT2D eigenvalue weighted by molar-refractivity contribution is 6.00. The van der Waals surface area contributed by atoms with Crippen molar-refractivity contribution in [1.82, 2.24) is 0 Å². The van der Waals surface area contributed by atoms with Crippen molar-refractivity contribution in [2.24, 2.45) is 5.92 Å². The van der Waals surface area contributed by atoms with E-state index in [0.29, 0.717) is 5.69 Å². The second-order valence-corrected chi connectivity index (χ2v) is 5.24. The van der Waals surface area contributed by atoms with Crippen molar-refractivity contribution in [2.75, 3.05) is 17.7 Å². The molecule has 1 aliphatic rings. The van der Waals surface area contributed by atoms with Crippen LogP contribution >= 0.6 is 0 Å². The summed E-state index contributed by atoms with van der Waals surface area (Å²) in [4.78, 5) is 13.8. The van der Waals surface area contributed by atoms with Gasteiger partial charge in [0.1, 0.15) is 5.75 Å². The van der Waals surface area contributed by atoms with E-state index in [0.717, 1.165) is 22.6 Å². The van der Waals surface area contributed by atoms with Crippen LogP contribution in [0.15, 0.2) is 6.07 Å². The van der Waals surface area contributed by atoms with Crippen molar-refractivity contribution in [3.05, 3.63) is 17.2 Å². The molecule has 1 unspecified atom stereocenters. The normalized spacial score (nSPS) is 18.9. The zero-order chi connectivity index (χ0) is 13.6. The Morgan fingerprint density at radius 1 is 1.33 bits per heavy atom. The molecule has 98 valence electrons. The molecule has 18 heavy (non-hydrogen) atoms. The molecule has 4 nitrogen and oxygen atoms in total. The highest BCUT2D eigenvalue weighted by atomic mass is 16.5. The topological polar surface area (TPSA) is 55.6 Å². The number of carbonyl (C=O) groups excluding carboxylic acids is 1. The molecule has 4 heteroatoms. The van der Waals surface area contributed by atoms with Gasteiger partial charge in [-0.05, 0) is 37.0 Å². The van der Waals surface area contributed by atoms with E-state index in [4.69, 9.17) is 10.5 Å². The minimum atomic E-state index is -0.413. The second kappa shape index (κ2) is 4.19. The number of anilines is 2. The molecule has 0 fully saturated rings. The van der Waals surface area contributed by atoms with E-state index in [9.17, 15) is 4.79 Å². The number of hydrogen-bond donors (Lipinski definition) is 1. The summed E-state index contributed by atoms with van der Waals surface area (Å²) in [5.41, 5.74) is 9.43. The number of rotatable bonds is 1. The number of nitrogens with two attached hydrogens (primary N) is 1. The first-order valence-corrected chi connectivity index (χ1v) is 6.18. The molecule has 0 bridgehead atoms. The number of carbonyl (C=O) groups is 1. The van der Waals surface area contributed by atoms with Crippen molar-refractivity contribution >= 4 is 17.3 Å². The van der Waals surface area contributed by atoms with Crippen LogP contribution < -0.4 is 15.4 Å². The van der Waals surface area contributed by atoms with Crippen LogP contribution in [0.25, 0.3) is 0 Å². The molecule has 0 spiro atoms. The summed E-state index contributed by atoms with van der Waals surface area (Å²) in [7, 11) is 1.77. The number of nitrogen functional groups attached to an aromatic ring is 1. The highest BCUT2D eigenvalue weighted by Crippen LogP contribution is 2.41. The van der Waals surface area contributed by atoms with Gasteiger partial charge in [0.25, 0.3) is 5.91 Å². The minimum absolute atomic E-state index is 0.0137. The Kier molecular flexibility index (Phi) is 2.97. The first-order chi connectivity index (χ1) is 8.34. The number of benzene rings is 1. The van der Waals surface area contributed by atoms with Gasteiger partial charge < -0.3 is 15.4 Å². The second-order valence-electron chi connectivity index (χ2n) is 5.24. The molecule has 1 aromatic rings. The van der Waals surface area contributed by atoms with E-state index < -0.39 is 6.10 Å². The number of ether oxygens (including phenoxy) is 1. The van der Waals surface area contributed by atoms with Gasteiger partial charge in [-0.15, -0.1) is 0 Å². The fourth-order valence-corrected chi connectivity index (χ4v) is 2.21. The Labute approximate surface area is 108 Å². The van der Waals surface area contributed by atoms with Gasteiger partial charge in [-0.25, -0.2) is 0 Å². The summed E-state index contributed by atoms with van der Waals surface area (Å²) in [6.45, 7) is 7.92. The summed E-state index contributed by atoms with van der Waals surface area (Å²) in [6, 6.07) is 1.81. The van der Waals surface area contributed by atoms with Crippen LogP contribution in [0.2, 0.25) is 0 Å². The molecule has 1 atom stereocenters. The van der Waals surface area contributed by atoms with Gasteiger partial charge >= 0.3 is 0 Å². The largest absolute Gasteiger partial charge is 0.478 e. The first kappa shape index (κ1) is 12.7. The summed E-state index contributed by atoms with van der Waals surface area (Å²) >= 11 is 0. The van der Waals surface area contributed by atoms with Crippen LogP contribution in [0.5, 0.6) is 5.75 Å². The molecule has 2 N–H and O–H groups in total. The van der Waals surface area contributed by atoms with Crippen molar-refractivity contribution in [2.45, 2.75) is 33.8 Å². The molecule has 1 amide bonds. The maximum Gasteiger partial charge on any atom is 0.268 e. The SMILES string of the molecule is Cc1c(N)cc2c(c1C)OC(C(C)C)C(=O)N2C. The van der Waals surface area contributed by atoms with E-state index in [-0.39, 0.29) is 11.8 Å². The van der Waals surface area contributed by atoms with Gasteiger partial charge in [-0.3, -0.25) is 4.79 Å². The molecule has 0 radical (unpaired) electrons. The average molecular weight is 248 g/mol. The molecule has 0 saturated heterocycles. The van der Waals surface area contributed by atoms with Crippen molar-refractivity contribution in [3.8, 4) is 5.75 Å². The molecule has 1 aromatic carbocycles. The zero-order valence-corrected chi connectivity index (χ0v) is 11.6. The third-order valence-corrected chi connectivity index (χ3v) is 3.65. The molecule has 0 aromatic heterocycles. The number of fused-ring (bicyclic) bond motifs is 1. The number of amides is 1. The lowest BCUT2D eigenvalue weighted by Crippen LogP contribution is -2.46. The predicted molar refractivity (Wildman–Crippen MR) is 73.0 cm³/mol. The third-order valence-electron chi connectivity index (χ3n) is 3.65. The van der Waals surface area contributed by atoms with Crippen LogP contribution in [0.4, 0.5) is 11.4 Å². The van der Waals surface area contributed by atoms with E-state index in [1.54, 1.807) is 11.9 Å². The van der Waals surface area contributed by atoms with E-state index in [1.165, 1.54) is 0 Å². The molecular formula is C14H20N2O2. The van der Waals surface area contributed by atoms with E-state index in [1.807, 2.05) is 33.8 Å². The maximum absolute atomic E-state index is 12.2. The lowest BCUT2D eigenvalue weighted by atomic mass is 9.99. The Bertz CT molecular complexity index is 509. The molecular weight excluding hydrogens is 228 g/mol. The lowest BCUT2D eigenvalue weighted by Gasteiger charge is -2.35. The fraction of sp³-hybridized carbons (Fsp3) is 0.500. The summed E-state index contributed by atoms with van der Waals surface area (Å²) in [5, 5.41) is 0. The third kappa shape index (κ3) is 1.72. The van der Waals surface area contributed by atoms with Gasteiger partial charge in [0.05, 0.1) is 5.69 Å². The van der Waals surface area contributed by atoms with Gasteiger partial charge in [0, 0.05) is 12.7 Å². The summed E-state index contributed by atoms with van der Waals surface area (Å²) in [6.07, 6.45) is -0.413. The zero-order valence-electron chi connectivity index (χ0n) is 11.6. The maximum atomic E-state index is 12.2. The molecule has 0 saturated carbocycles. The molecule has 1 aliphatic heterocycles. The van der Waals surface area contributed by atoms with Crippen LogP contribution in [-0.4, -0.2) is 19.1 Å². The number of likely N-dealkylation sites (N-methyl/N-ethyl adjacent to an activating group) is 1. The van der Waals surface area contributed by atoms with E-state index in [2.05, 4.69) is 0 Å². The monoisotopic (exact) mass is 248 g/mol. The Hall–Kier alpha value is -1.71. The van der Waals surface area contributed by atoms with Crippen LogP contribution in [0, 0.1) is 19.8 Å². The quantitative estimate of drug-likeness (QED) is 0.776. The minimum Gasteiger partial charge on any atom is -0.478 e. The Morgan fingerprint density at radius 2 is 1.94 bits per heavy atom. The van der Waals surface area contributed by atoms with Gasteiger partial charge in [0.15, 0.2) is 6.10 Å². The Morgan fingerprint density at radius 3 is 2.50 bits per heavy atom. The molecule has 0 aliphatic carbocycles. The van der Waals surface area contributed by atoms with Crippen LogP contribution in [-0.2, 0) is 4.79 Å². The fourth-order valence-electron chi connectivity index (χ4n) is 2.21. The van der Waals surface area contributed by atoms with Crippen molar-refractivity contribution in [3.63, 3.8) is 0 Å². The smallest absolute Gasteiger partial charge is 0.268 e. The van der Waals surface area contributed by atoms with Crippen molar-refractivity contribution < 1.29 is 9.53 Å².